The third-order valence-electron chi connectivity index (χ3n) is 6.11. The summed E-state index contributed by atoms with van der Waals surface area (Å²) in [6.45, 7) is 3.74. The second kappa shape index (κ2) is 8.90. The zero-order valence-electron chi connectivity index (χ0n) is 18.8. The normalized spacial score (nSPS) is 14.4. The summed E-state index contributed by atoms with van der Waals surface area (Å²) < 4.78 is 1.93. The SMILES string of the molecule is CC(Nc1nccc(-n2cnc3cc(N(C)C(=O)N4CCCC4)ccc32)n1)c1ccccc1. The molecule has 1 fully saturated rings. The van der Waals surface area contributed by atoms with E-state index in [1.165, 1.54) is 5.56 Å². The highest BCUT2D eigenvalue weighted by Crippen LogP contribution is 2.25. The van der Waals surface area contributed by atoms with Gasteiger partial charge < -0.3 is 10.2 Å². The second-order valence-electron chi connectivity index (χ2n) is 8.34. The number of carbonyl (C=O) groups is 1. The number of likely N-dealkylation sites (tertiary alicyclic amines) is 1. The van der Waals surface area contributed by atoms with E-state index < -0.39 is 0 Å². The predicted octanol–water partition coefficient (Wildman–Crippen LogP) is 4.64. The number of amides is 2. The Hall–Kier alpha value is -3.94. The van der Waals surface area contributed by atoms with Crippen LogP contribution >= 0.6 is 0 Å². The molecule has 4 aromatic rings. The fourth-order valence-electron chi connectivity index (χ4n) is 4.19. The van der Waals surface area contributed by atoms with Gasteiger partial charge in [0, 0.05) is 32.0 Å². The molecule has 33 heavy (non-hydrogen) atoms. The van der Waals surface area contributed by atoms with Gasteiger partial charge in [0.2, 0.25) is 5.95 Å². The molecule has 1 unspecified atom stereocenters. The Morgan fingerprint density at radius 1 is 1.06 bits per heavy atom. The number of fused-ring (bicyclic) bond motifs is 1. The van der Waals surface area contributed by atoms with Crippen molar-refractivity contribution in [1.29, 1.82) is 0 Å². The molecule has 8 heteroatoms. The summed E-state index contributed by atoms with van der Waals surface area (Å²) in [7, 11) is 1.81. The van der Waals surface area contributed by atoms with Crippen molar-refractivity contribution in [2.45, 2.75) is 25.8 Å². The first kappa shape index (κ1) is 20.9. The summed E-state index contributed by atoms with van der Waals surface area (Å²) in [5.41, 5.74) is 3.71. The van der Waals surface area contributed by atoms with Crippen molar-refractivity contribution in [3.8, 4) is 5.82 Å². The van der Waals surface area contributed by atoms with Crippen LogP contribution in [0.5, 0.6) is 0 Å². The summed E-state index contributed by atoms with van der Waals surface area (Å²) >= 11 is 0. The molecule has 1 aliphatic rings. The van der Waals surface area contributed by atoms with Crippen LogP contribution < -0.4 is 10.2 Å². The molecule has 1 N–H and O–H groups in total. The number of imidazole rings is 1. The van der Waals surface area contributed by atoms with Crippen LogP contribution in [0, 0.1) is 0 Å². The number of nitrogens with zero attached hydrogens (tertiary/aromatic N) is 6. The first-order valence-electron chi connectivity index (χ1n) is 11.2. The van der Waals surface area contributed by atoms with Gasteiger partial charge >= 0.3 is 6.03 Å². The number of nitrogens with one attached hydrogen (secondary N) is 1. The third kappa shape index (κ3) is 4.24. The monoisotopic (exact) mass is 441 g/mol. The molecule has 1 atom stereocenters. The Kier molecular flexibility index (Phi) is 5.64. The highest BCUT2D eigenvalue weighted by Gasteiger charge is 2.22. The Balaban J connectivity index is 1.38. The minimum absolute atomic E-state index is 0.0327. The van der Waals surface area contributed by atoms with Crippen LogP contribution in [-0.4, -0.2) is 50.6 Å². The Bertz CT molecular complexity index is 1260. The maximum Gasteiger partial charge on any atom is 0.324 e. The van der Waals surface area contributed by atoms with Gasteiger partial charge in [-0.3, -0.25) is 9.47 Å². The summed E-state index contributed by atoms with van der Waals surface area (Å²) in [6, 6.07) is 18.0. The van der Waals surface area contributed by atoms with Gasteiger partial charge in [-0.15, -0.1) is 0 Å². The smallest absolute Gasteiger partial charge is 0.324 e. The van der Waals surface area contributed by atoms with Crippen molar-refractivity contribution in [2.24, 2.45) is 0 Å². The van der Waals surface area contributed by atoms with Crippen LogP contribution in [0.15, 0.2) is 67.1 Å². The average molecular weight is 442 g/mol. The molecule has 1 aliphatic heterocycles. The Morgan fingerprint density at radius 2 is 1.85 bits per heavy atom. The van der Waals surface area contributed by atoms with Crippen molar-refractivity contribution < 1.29 is 4.79 Å². The fourth-order valence-corrected chi connectivity index (χ4v) is 4.19. The molecule has 2 amide bonds. The Morgan fingerprint density at radius 3 is 2.64 bits per heavy atom. The van der Waals surface area contributed by atoms with E-state index in [1.54, 1.807) is 17.4 Å². The van der Waals surface area contributed by atoms with Crippen LogP contribution in [-0.2, 0) is 0 Å². The standard InChI is InChI=1S/C25H27N7O/c1-18(19-8-4-3-5-9-19)28-24-26-13-12-23(29-24)32-17-27-21-16-20(10-11-22(21)32)30(2)25(33)31-14-6-7-15-31/h3-5,8-13,16-18H,6-7,14-15H2,1-2H3,(H,26,28,29). The van der Waals surface area contributed by atoms with Crippen molar-refractivity contribution >= 4 is 28.7 Å². The topological polar surface area (TPSA) is 79.2 Å². The fraction of sp³-hybridized carbons (Fsp3) is 0.280. The molecule has 5 rings (SSSR count). The molecule has 8 nitrogen and oxygen atoms in total. The van der Waals surface area contributed by atoms with Crippen molar-refractivity contribution in [2.75, 3.05) is 30.4 Å². The first-order valence-corrected chi connectivity index (χ1v) is 11.2. The van der Waals surface area contributed by atoms with Gasteiger partial charge in [-0.25, -0.2) is 14.8 Å². The van der Waals surface area contributed by atoms with Gasteiger partial charge in [0.25, 0.3) is 0 Å². The van der Waals surface area contributed by atoms with Crippen molar-refractivity contribution in [3.63, 3.8) is 0 Å². The zero-order valence-corrected chi connectivity index (χ0v) is 18.8. The number of hydrogen-bond acceptors (Lipinski definition) is 5. The lowest BCUT2D eigenvalue weighted by Gasteiger charge is -2.24. The van der Waals surface area contributed by atoms with Crippen molar-refractivity contribution in [3.05, 3.63) is 72.7 Å². The maximum atomic E-state index is 12.7. The van der Waals surface area contributed by atoms with Crippen LogP contribution in [0.3, 0.4) is 0 Å². The largest absolute Gasteiger partial charge is 0.348 e. The summed E-state index contributed by atoms with van der Waals surface area (Å²) in [5, 5.41) is 3.37. The van der Waals surface area contributed by atoms with Crippen LogP contribution in [0.2, 0.25) is 0 Å². The van der Waals surface area contributed by atoms with E-state index in [0.717, 1.165) is 48.5 Å². The molecule has 3 heterocycles. The molecule has 0 bridgehead atoms. The quantitative estimate of drug-likeness (QED) is 0.488. The lowest BCUT2D eigenvalue weighted by molar-refractivity contribution is 0.217. The minimum Gasteiger partial charge on any atom is -0.348 e. The molecule has 0 aliphatic carbocycles. The van der Waals surface area contributed by atoms with Crippen molar-refractivity contribution in [1.82, 2.24) is 24.4 Å². The van der Waals surface area contributed by atoms with Gasteiger partial charge in [-0.1, -0.05) is 30.3 Å². The van der Waals surface area contributed by atoms with Gasteiger partial charge in [0.05, 0.1) is 17.1 Å². The number of benzene rings is 2. The molecular weight excluding hydrogens is 414 g/mol. The molecule has 2 aromatic heterocycles. The van der Waals surface area contributed by atoms with E-state index in [4.69, 9.17) is 4.98 Å². The van der Waals surface area contributed by atoms with E-state index in [9.17, 15) is 4.79 Å². The number of anilines is 2. The van der Waals surface area contributed by atoms with Crippen LogP contribution in [0.4, 0.5) is 16.4 Å². The third-order valence-corrected chi connectivity index (χ3v) is 6.11. The first-order chi connectivity index (χ1) is 16.1. The zero-order chi connectivity index (χ0) is 22.8. The Labute approximate surface area is 192 Å². The number of rotatable bonds is 5. The van der Waals surface area contributed by atoms with E-state index in [2.05, 4.69) is 34.3 Å². The van der Waals surface area contributed by atoms with E-state index in [1.807, 2.05) is 59.0 Å². The van der Waals surface area contributed by atoms with Crippen LogP contribution in [0.1, 0.15) is 31.4 Å². The lowest BCUT2D eigenvalue weighted by Crippen LogP contribution is -2.39. The van der Waals surface area contributed by atoms with E-state index in [0.29, 0.717) is 5.95 Å². The number of carbonyl (C=O) groups excluding carboxylic acids is 1. The number of hydrogen-bond donors (Lipinski definition) is 1. The van der Waals surface area contributed by atoms with Gasteiger partial charge in [0.1, 0.15) is 12.1 Å². The van der Waals surface area contributed by atoms with Gasteiger partial charge in [-0.05, 0) is 49.6 Å². The lowest BCUT2D eigenvalue weighted by atomic mass is 10.1. The molecule has 0 radical (unpaired) electrons. The predicted molar refractivity (Wildman–Crippen MR) is 130 cm³/mol. The number of aromatic nitrogens is 4. The molecular formula is C25H27N7O. The molecule has 0 spiro atoms. The van der Waals surface area contributed by atoms with E-state index in [-0.39, 0.29) is 12.1 Å². The van der Waals surface area contributed by atoms with Gasteiger partial charge in [0.15, 0.2) is 0 Å². The summed E-state index contributed by atoms with van der Waals surface area (Å²) in [6.07, 6.45) is 5.64. The molecule has 0 saturated carbocycles. The highest BCUT2D eigenvalue weighted by molar-refractivity contribution is 5.94. The summed E-state index contributed by atoms with van der Waals surface area (Å²) in [5.74, 6) is 1.28. The summed E-state index contributed by atoms with van der Waals surface area (Å²) in [4.78, 5) is 30.0. The maximum absolute atomic E-state index is 12.7. The molecule has 2 aromatic carbocycles. The molecule has 168 valence electrons. The van der Waals surface area contributed by atoms with E-state index >= 15 is 0 Å². The van der Waals surface area contributed by atoms with Gasteiger partial charge in [-0.2, -0.15) is 4.98 Å². The average Bonchev–Trinajstić information content (AvgIpc) is 3.54. The second-order valence-corrected chi connectivity index (χ2v) is 8.34. The minimum atomic E-state index is 0.0327. The molecule has 1 saturated heterocycles. The highest BCUT2D eigenvalue weighted by atomic mass is 16.2. The van der Waals surface area contributed by atoms with Crippen LogP contribution in [0.25, 0.3) is 16.9 Å². The number of urea groups is 1.